The van der Waals surface area contributed by atoms with Crippen LogP contribution in [0.5, 0.6) is 5.88 Å². The molecular weight excluding hydrogens is 422 g/mol. The van der Waals surface area contributed by atoms with Crippen molar-refractivity contribution < 1.29 is 19.4 Å². The lowest BCUT2D eigenvalue weighted by molar-refractivity contribution is 0.0691. The smallest absolute Gasteiger partial charge is 0.354 e. The molecular formula is C24H23N5O4. The minimum Gasteiger partial charge on any atom is -0.481 e. The number of fused-ring (bicyclic) bond motifs is 1. The van der Waals surface area contributed by atoms with Gasteiger partial charge in [-0.25, -0.2) is 19.4 Å². The number of hydrogen-bond donors (Lipinski definition) is 1. The zero-order chi connectivity index (χ0) is 22.9. The van der Waals surface area contributed by atoms with Crippen molar-refractivity contribution in [3.8, 4) is 22.7 Å². The average molecular weight is 445 g/mol. The predicted octanol–water partition coefficient (Wildman–Crippen LogP) is 3.33. The van der Waals surface area contributed by atoms with E-state index in [-0.39, 0.29) is 5.69 Å². The Morgan fingerprint density at radius 2 is 1.82 bits per heavy atom. The van der Waals surface area contributed by atoms with Crippen LogP contribution in [0.25, 0.3) is 27.8 Å². The van der Waals surface area contributed by atoms with Gasteiger partial charge in [0.15, 0.2) is 11.3 Å². The first-order valence-corrected chi connectivity index (χ1v) is 10.6. The van der Waals surface area contributed by atoms with E-state index in [0.29, 0.717) is 30.4 Å². The van der Waals surface area contributed by atoms with Gasteiger partial charge >= 0.3 is 5.97 Å². The number of benzene rings is 1. The van der Waals surface area contributed by atoms with E-state index in [0.717, 1.165) is 41.0 Å². The summed E-state index contributed by atoms with van der Waals surface area (Å²) in [4.78, 5) is 22.8. The molecule has 0 bridgehead atoms. The molecule has 1 fully saturated rings. The lowest BCUT2D eigenvalue weighted by atomic mass is 10.0. The summed E-state index contributed by atoms with van der Waals surface area (Å²) in [7, 11) is 1.55. The second kappa shape index (κ2) is 8.51. The number of methoxy groups -OCH3 is 1. The van der Waals surface area contributed by atoms with E-state index in [1.807, 2.05) is 25.1 Å². The zero-order valence-electron chi connectivity index (χ0n) is 18.4. The Morgan fingerprint density at radius 3 is 2.45 bits per heavy atom. The molecule has 4 aromatic rings. The summed E-state index contributed by atoms with van der Waals surface area (Å²) in [5.74, 6) is -0.617. The molecule has 9 nitrogen and oxygen atoms in total. The third-order valence-electron chi connectivity index (χ3n) is 5.76. The molecule has 33 heavy (non-hydrogen) atoms. The number of rotatable bonds is 5. The van der Waals surface area contributed by atoms with Crippen LogP contribution < -0.4 is 9.64 Å². The summed E-state index contributed by atoms with van der Waals surface area (Å²) < 4.78 is 12.2. The molecule has 168 valence electrons. The van der Waals surface area contributed by atoms with Crippen LogP contribution >= 0.6 is 0 Å². The molecule has 0 atom stereocenters. The number of carboxylic acids is 1. The molecule has 0 spiro atoms. The van der Waals surface area contributed by atoms with Crippen LogP contribution in [-0.4, -0.2) is 64.2 Å². The first-order valence-electron chi connectivity index (χ1n) is 10.6. The molecule has 1 aliphatic heterocycles. The van der Waals surface area contributed by atoms with Gasteiger partial charge in [0.05, 0.1) is 43.3 Å². The van der Waals surface area contributed by atoms with E-state index in [4.69, 9.17) is 9.47 Å². The zero-order valence-corrected chi connectivity index (χ0v) is 18.4. The number of nitrogens with zero attached hydrogens (tertiary/aromatic N) is 5. The number of ether oxygens (including phenoxy) is 2. The quantitative estimate of drug-likeness (QED) is 0.499. The maximum Gasteiger partial charge on any atom is 0.354 e. The number of carbonyl (C=O) groups is 1. The first kappa shape index (κ1) is 20.9. The van der Waals surface area contributed by atoms with Crippen LogP contribution in [0, 0.1) is 6.92 Å². The van der Waals surface area contributed by atoms with Crippen molar-refractivity contribution in [3.63, 3.8) is 0 Å². The van der Waals surface area contributed by atoms with Gasteiger partial charge in [0.1, 0.15) is 0 Å². The van der Waals surface area contributed by atoms with Crippen molar-refractivity contribution in [1.29, 1.82) is 0 Å². The fourth-order valence-corrected chi connectivity index (χ4v) is 4.10. The van der Waals surface area contributed by atoms with E-state index in [2.05, 4.69) is 32.1 Å². The molecule has 1 N–H and O–H groups in total. The van der Waals surface area contributed by atoms with E-state index >= 15 is 0 Å². The fourth-order valence-electron chi connectivity index (χ4n) is 4.10. The number of aromatic carboxylic acids is 1. The second-order valence-electron chi connectivity index (χ2n) is 7.76. The van der Waals surface area contributed by atoms with Crippen molar-refractivity contribution in [1.82, 2.24) is 19.7 Å². The molecule has 0 saturated carbocycles. The highest BCUT2D eigenvalue weighted by molar-refractivity contribution is 6.00. The number of pyridine rings is 2. The number of anilines is 1. The standard InChI is InChI=1S/C24H23N5O4/c1-15-22-19(16-3-5-17(6-4-16)28-9-11-33-12-10-28)13-20(24(30)31)26-23(22)29(27-15)18-7-8-21(32-2)25-14-18/h3-8,13-14H,9-12H2,1-2H3,(H,30,31). The molecule has 0 radical (unpaired) electrons. The molecule has 9 heteroatoms. The Balaban J connectivity index is 1.64. The Labute approximate surface area is 190 Å². The van der Waals surface area contributed by atoms with Gasteiger partial charge in [-0.05, 0) is 42.3 Å². The summed E-state index contributed by atoms with van der Waals surface area (Å²) in [6, 6.07) is 13.3. The van der Waals surface area contributed by atoms with Crippen molar-refractivity contribution in [2.45, 2.75) is 6.92 Å². The van der Waals surface area contributed by atoms with Crippen LogP contribution in [0.3, 0.4) is 0 Å². The van der Waals surface area contributed by atoms with Crippen LogP contribution in [0.4, 0.5) is 5.69 Å². The minimum atomic E-state index is -1.10. The SMILES string of the molecule is COc1ccc(-n2nc(C)c3c(-c4ccc(N5CCOCC5)cc4)cc(C(=O)O)nc32)cn1. The molecule has 1 aromatic carbocycles. The number of hydrogen-bond acceptors (Lipinski definition) is 7. The largest absolute Gasteiger partial charge is 0.481 e. The van der Waals surface area contributed by atoms with Crippen molar-refractivity contribution in [2.24, 2.45) is 0 Å². The number of aromatic nitrogens is 4. The van der Waals surface area contributed by atoms with E-state index in [1.165, 1.54) is 0 Å². The Morgan fingerprint density at radius 1 is 1.09 bits per heavy atom. The van der Waals surface area contributed by atoms with E-state index in [1.54, 1.807) is 30.1 Å². The molecule has 0 amide bonds. The summed E-state index contributed by atoms with van der Waals surface area (Å²) in [5, 5.41) is 15.2. The van der Waals surface area contributed by atoms with Gasteiger partial charge in [0, 0.05) is 24.8 Å². The maximum atomic E-state index is 11.9. The van der Waals surface area contributed by atoms with Gasteiger partial charge < -0.3 is 19.5 Å². The number of carboxylic acid groups (broad SMARTS) is 1. The van der Waals surface area contributed by atoms with Crippen LogP contribution in [0.2, 0.25) is 0 Å². The first-order chi connectivity index (χ1) is 16.0. The molecule has 0 aliphatic carbocycles. The Bertz CT molecular complexity index is 1310. The monoisotopic (exact) mass is 445 g/mol. The summed E-state index contributed by atoms with van der Waals surface area (Å²) in [6.45, 7) is 5.03. The molecule has 1 aliphatic rings. The molecule has 4 heterocycles. The topological polar surface area (TPSA) is 103 Å². The third-order valence-corrected chi connectivity index (χ3v) is 5.76. The van der Waals surface area contributed by atoms with E-state index < -0.39 is 5.97 Å². The fraction of sp³-hybridized carbons (Fsp3) is 0.250. The van der Waals surface area contributed by atoms with Crippen LogP contribution in [-0.2, 0) is 4.74 Å². The lowest BCUT2D eigenvalue weighted by Gasteiger charge is -2.29. The molecule has 5 rings (SSSR count). The van der Waals surface area contributed by atoms with E-state index in [9.17, 15) is 9.90 Å². The molecule has 1 saturated heterocycles. The van der Waals surface area contributed by atoms with Crippen molar-refractivity contribution in [2.75, 3.05) is 38.3 Å². The summed E-state index contributed by atoms with van der Waals surface area (Å²) >= 11 is 0. The number of aryl methyl sites for hydroxylation is 1. The normalized spacial score (nSPS) is 13.9. The highest BCUT2D eigenvalue weighted by Crippen LogP contribution is 2.33. The number of morpholine rings is 1. The van der Waals surface area contributed by atoms with Crippen LogP contribution in [0.15, 0.2) is 48.7 Å². The second-order valence-corrected chi connectivity index (χ2v) is 7.76. The minimum absolute atomic E-state index is 0.0441. The Kier molecular flexibility index (Phi) is 5.39. The summed E-state index contributed by atoms with van der Waals surface area (Å²) in [5.41, 5.74) is 4.62. The van der Waals surface area contributed by atoms with Gasteiger partial charge in [-0.3, -0.25) is 0 Å². The molecule has 0 unspecified atom stereocenters. The van der Waals surface area contributed by atoms with Gasteiger partial charge in [-0.2, -0.15) is 5.10 Å². The van der Waals surface area contributed by atoms with Gasteiger partial charge in [0.2, 0.25) is 5.88 Å². The Hall–Kier alpha value is -3.98. The van der Waals surface area contributed by atoms with Gasteiger partial charge in [-0.15, -0.1) is 0 Å². The van der Waals surface area contributed by atoms with Crippen molar-refractivity contribution >= 4 is 22.7 Å². The highest BCUT2D eigenvalue weighted by Gasteiger charge is 2.20. The predicted molar refractivity (Wildman–Crippen MR) is 123 cm³/mol. The van der Waals surface area contributed by atoms with Crippen LogP contribution in [0.1, 0.15) is 16.2 Å². The third kappa shape index (κ3) is 3.87. The highest BCUT2D eigenvalue weighted by atomic mass is 16.5. The van der Waals surface area contributed by atoms with Gasteiger partial charge in [-0.1, -0.05) is 12.1 Å². The average Bonchev–Trinajstić information content (AvgIpc) is 3.20. The summed E-state index contributed by atoms with van der Waals surface area (Å²) in [6.07, 6.45) is 1.62. The van der Waals surface area contributed by atoms with Crippen molar-refractivity contribution in [3.05, 3.63) is 60.0 Å². The molecule has 3 aromatic heterocycles. The lowest BCUT2D eigenvalue weighted by Crippen LogP contribution is -2.36. The maximum absolute atomic E-state index is 11.9. The van der Waals surface area contributed by atoms with Gasteiger partial charge in [0.25, 0.3) is 0 Å².